The summed E-state index contributed by atoms with van der Waals surface area (Å²) < 4.78 is 0. The Kier molecular flexibility index (Phi) is 8.39. The summed E-state index contributed by atoms with van der Waals surface area (Å²) in [5.74, 6) is 0.273. The van der Waals surface area contributed by atoms with Gasteiger partial charge in [-0.3, -0.25) is 4.79 Å². The van der Waals surface area contributed by atoms with Gasteiger partial charge >= 0.3 is 0 Å². The van der Waals surface area contributed by atoms with Gasteiger partial charge in [-0.15, -0.1) is 0 Å². The first-order valence-corrected chi connectivity index (χ1v) is 11.1. The number of amides is 1. The molecule has 0 saturated carbocycles. The predicted octanol–water partition coefficient (Wildman–Crippen LogP) is 5.16. The van der Waals surface area contributed by atoms with Crippen molar-refractivity contribution in [2.45, 2.75) is 59.5 Å². The Bertz CT molecular complexity index is 529. The van der Waals surface area contributed by atoms with E-state index < -0.39 is 7.26 Å². The number of benzene rings is 1. The maximum Gasteiger partial charge on any atom is 0.265 e. The number of hydrogen-bond donors (Lipinski definition) is 1. The molecule has 1 amide bonds. The van der Waals surface area contributed by atoms with E-state index in [2.05, 4.69) is 52.1 Å². The van der Waals surface area contributed by atoms with Gasteiger partial charge < -0.3 is 5.32 Å². The van der Waals surface area contributed by atoms with Gasteiger partial charge in [0.25, 0.3) is 5.91 Å². The van der Waals surface area contributed by atoms with E-state index in [1.54, 1.807) is 0 Å². The monoisotopic (exact) mass is 409 g/mol. The molecule has 0 aromatic heterocycles. The fraction of sp³-hybridized carbons (Fsp3) is 0.632. The fourth-order valence-electron chi connectivity index (χ4n) is 4.22. The Balaban J connectivity index is 0.00000264. The van der Waals surface area contributed by atoms with E-state index in [9.17, 15) is 4.79 Å². The first kappa shape index (κ1) is 21.3. The van der Waals surface area contributed by atoms with Crippen LogP contribution in [0.3, 0.4) is 0 Å². The maximum absolute atomic E-state index is 13.0. The molecule has 1 saturated heterocycles. The Morgan fingerprint density at radius 2 is 1.65 bits per heavy atom. The summed E-state index contributed by atoms with van der Waals surface area (Å²) in [7, 11) is -1.08. The van der Waals surface area contributed by atoms with Crippen LogP contribution in [0.25, 0.3) is 0 Å². The Labute approximate surface area is 167 Å². The van der Waals surface area contributed by atoms with Crippen molar-refractivity contribution < 1.29 is 37.5 Å². The molecule has 0 aliphatic carbocycles. The average Bonchev–Trinajstić information content (AvgIpc) is 2.93. The van der Waals surface area contributed by atoms with Crippen molar-refractivity contribution in [3.8, 4) is 0 Å². The van der Waals surface area contributed by atoms with Gasteiger partial charge in [0.15, 0.2) is 0 Å². The third kappa shape index (κ3) is 4.65. The van der Waals surface area contributed by atoms with Crippen molar-refractivity contribution in [3.63, 3.8) is 0 Å². The number of carbonyl (C=O) groups is 1. The quantitative estimate of drug-likeness (QED) is 0.669. The Hall–Kier alpha value is 0.224. The molecule has 2 rings (SSSR count). The normalized spacial score (nSPS) is 17.4. The molecular formula is C19H31NOPY+. The van der Waals surface area contributed by atoms with Gasteiger partial charge in [-0.2, -0.15) is 0 Å². The third-order valence-electron chi connectivity index (χ3n) is 5.36. The topological polar surface area (TPSA) is 29.1 Å². The zero-order valence-electron chi connectivity index (χ0n) is 15.4. The van der Waals surface area contributed by atoms with E-state index >= 15 is 0 Å². The minimum atomic E-state index is -1.08. The molecular weight excluding hydrogens is 378 g/mol. The van der Waals surface area contributed by atoms with Gasteiger partial charge in [-0.1, -0.05) is 24.6 Å². The first-order chi connectivity index (χ1) is 10.4. The van der Waals surface area contributed by atoms with Gasteiger partial charge in [0.05, 0.1) is 18.5 Å². The molecule has 2 nitrogen and oxygen atoms in total. The van der Waals surface area contributed by atoms with Crippen molar-refractivity contribution in [3.05, 3.63) is 28.8 Å². The fourth-order valence-corrected chi connectivity index (χ4v) is 9.18. The van der Waals surface area contributed by atoms with E-state index in [1.165, 1.54) is 48.0 Å². The van der Waals surface area contributed by atoms with Crippen LogP contribution in [0.2, 0.25) is 0 Å². The molecule has 1 aromatic carbocycles. The van der Waals surface area contributed by atoms with Crippen molar-refractivity contribution in [2.24, 2.45) is 0 Å². The molecule has 125 valence electrons. The van der Waals surface area contributed by atoms with Crippen LogP contribution in [-0.2, 0) is 37.5 Å². The molecule has 1 radical (unpaired) electrons. The minimum absolute atomic E-state index is 0. The van der Waals surface area contributed by atoms with Crippen molar-refractivity contribution in [2.75, 3.05) is 23.8 Å². The Morgan fingerprint density at radius 3 is 2.09 bits per heavy atom. The summed E-state index contributed by atoms with van der Waals surface area (Å²) in [6.07, 6.45) is 7.51. The molecule has 1 heterocycles. The van der Waals surface area contributed by atoms with Crippen LogP contribution >= 0.6 is 7.26 Å². The molecule has 1 fully saturated rings. The largest absolute Gasteiger partial charge is 0.322 e. The SMILES string of the molecule is CCC(C(=O)Nc1c(C)cc(C)cc1C)[P+]1(CC)CCCC1.[Y]. The van der Waals surface area contributed by atoms with E-state index in [0.717, 1.165) is 12.1 Å². The third-order valence-corrected chi connectivity index (χ3v) is 11.0. The number of carbonyl (C=O) groups excluding carboxylic acids is 1. The first-order valence-electron chi connectivity index (χ1n) is 8.68. The van der Waals surface area contributed by atoms with E-state index in [0.29, 0.717) is 0 Å². The summed E-state index contributed by atoms with van der Waals surface area (Å²) in [6, 6.07) is 4.31. The molecule has 1 aromatic rings. The summed E-state index contributed by atoms with van der Waals surface area (Å²) >= 11 is 0. The summed E-state index contributed by atoms with van der Waals surface area (Å²) in [4.78, 5) is 13.0. The molecule has 1 unspecified atom stereocenters. The van der Waals surface area contributed by atoms with Gasteiger partial charge in [-0.25, -0.2) is 0 Å². The molecule has 1 aliphatic heterocycles. The number of aryl methyl sites for hydroxylation is 3. The van der Waals surface area contributed by atoms with Crippen LogP contribution in [0.15, 0.2) is 12.1 Å². The van der Waals surface area contributed by atoms with Crippen LogP contribution in [0.1, 0.15) is 49.8 Å². The van der Waals surface area contributed by atoms with Gasteiger partial charge in [-0.05, 0) is 58.1 Å². The van der Waals surface area contributed by atoms with Gasteiger partial charge in [0.1, 0.15) is 5.66 Å². The summed E-state index contributed by atoms with van der Waals surface area (Å²) in [5, 5.41) is 3.28. The van der Waals surface area contributed by atoms with E-state index in [4.69, 9.17) is 0 Å². The van der Waals surface area contributed by atoms with Gasteiger partial charge in [0.2, 0.25) is 0 Å². The Morgan fingerprint density at radius 1 is 1.13 bits per heavy atom. The zero-order valence-corrected chi connectivity index (χ0v) is 19.1. The van der Waals surface area contributed by atoms with E-state index in [-0.39, 0.29) is 44.3 Å². The number of hydrogen-bond acceptors (Lipinski definition) is 1. The predicted molar refractivity (Wildman–Crippen MR) is 99.8 cm³/mol. The number of nitrogens with one attached hydrogen (secondary N) is 1. The van der Waals surface area contributed by atoms with Crippen LogP contribution in [0.4, 0.5) is 5.69 Å². The second-order valence-corrected chi connectivity index (χ2v) is 11.5. The summed E-state index contributed by atoms with van der Waals surface area (Å²) in [6.45, 7) is 10.8. The van der Waals surface area contributed by atoms with Gasteiger partial charge in [0, 0.05) is 45.7 Å². The molecule has 4 heteroatoms. The molecule has 1 atom stereocenters. The number of rotatable bonds is 5. The molecule has 1 aliphatic rings. The average molecular weight is 409 g/mol. The zero-order chi connectivity index (χ0) is 16.3. The second-order valence-electron chi connectivity index (χ2n) is 6.88. The molecule has 0 spiro atoms. The van der Waals surface area contributed by atoms with Crippen LogP contribution in [0, 0.1) is 20.8 Å². The van der Waals surface area contributed by atoms with E-state index in [1.807, 2.05) is 0 Å². The smallest absolute Gasteiger partial charge is 0.265 e. The van der Waals surface area contributed by atoms with Crippen molar-refractivity contribution >= 4 is 18.9 Å². The number of anilines is 1. The van der Waals surface area contributed by atoms with Crippen LogP contribution in [0.5, 0.6) is 0 Å². The minimum Gasteiger partial charge on any atom is -0.322 e. The molecule has 23 heavy (non-hydrogen) atoms. The van der Waals surface area contributed by atoms with Crippen LogP contribution in [-0.4, -0.2) is 30.1 Å². The molecule has 1 N–H and O–H groups in total. The maximum atomic E-state index is 13.0. The standard InChI is InChI=1S/C19H30NOP.Y/c1-6-17(22(7-2)10-8-9-11-22)19(21)20-18-15(4)12-14(3)13-16(18)5;/h12-13,17H,6-11H2,1-5H3;/p+1. The van der Waals surface area contributed by atoms with Crippen LogP contribution < -0.4 is 5.32 Å². The second kappa shape index (κ2) is 9.07. The molecule has 0 bridgehead atoms. The van der Waals surface area contributed by atoms with Crippen molar-refractivity contribution in [1.29, 1.82) is 0 Å². The van der Waals surface area contributed by atoms with Crippen molar-refractivity contribution in [1.82, 2.24) is 0 Å². The summed E-state index contributed by atoms with van der Waals surface area (Å²) in [5.41, 5.74) is 4.89.